The van der Waals surface area contributed by atoms with E-state index in [1.54, 1.807) is 11.8 Å². The Balaban J connectivity index is 1.76. The van der Waals surface area contributed by atoms with Crippen LogP contribution in [0.15, 0.2) is 47.4 Å². The van der Waals surface area contributed by atoms with Crippen LogP contribution in [0.4, 0.5) is 5.13 Å². The van der Waals surface area contributed by atoms with E-state index in [2.05, 4.69) is 55.3 Å². The minimum Gasteiger partial charge on any atom is -0.329 e. The van der Waals surface area contributed by atoms with Gasteiger partial charge in [-0.3, -0.25) is 9.59 Å². The molecule has 166 valence electrons. The van der Waals surface area contributed by atoms with Crippen LogP contribution in [0.1, 0.15) is 54.9 Å². The molecule has 5 nitrogen and oxygen atoms in total. The van der Waals surface area contributed by atoms with Crippen LogP contribution in [-0.4, -0.2) is 27.2 Å². The Morgan fingerprint density at radius 3 is 2.59 bits per heavy atom. The molecule has 0 saturated heterocycles. The van der Waals surface area contributed by atoms with Crippen LogP contribution in [-0.2, 0) is 17.1 Å². The van der Waals surface area contributed by atoms with Crippen molar-refractivity contribution in [3.8, 4) is 10.4 Å². The molecule has 2 heterocycles. The number of aromatic nitrogens is 1. The maximum Gasteiger partial charge on any atom is 0.256 e. The van der Waals surface area contributed by atoms with E-state index in [1.165, 1.54) is 23.8 Å². The lowest BCUT2D eigenvalue weighted by Crippen LogP contribution is -2.41. The topological polar surface area (TPSA) is 62.3 Å². The SMILES string of the molecule is CC(=O)Nc1nc(C)c(-c2cc3c(c(SCc4ccccc4)c2)C(=O)N(C(C)(C)C)C3)s1. The van der Waals surface area contributed by atoms with Crippen molar-refractivity contribution in [2.24, 2.45) is 0 Å². The number of fused-ring (bicyclic) bond motifs is 1. The fourth-order valence-electron chi connectivity index (χ4n) is 3.81. The summed E-state index contributed by atoms with van der Waals surface area (Å²) in [4.78, 5) is 33.3. The van der Waals surface area contributed by atoms with Crippen molar-refractivity contribution in [3.05, 3.63) is 64.8 Å². The van der Waals surface area contributed by atoms with E-state index in [-0.39, 0.29) is 17.4 Å². The molecule has 0 radical (unpaired) electrons. The van der Waals surface area contributed by atoms with Crippen LogP contribution < -0.4 is 5.32 Å². The van der Waals surface area contributed by atoms with Gasteiger partial charge in [0.05, 0.1) is 16.1 Å². The zero-order chi connectivity index (χ0) is 23.0. The number of aryl methyl sites for hydroxylation is 1. The molecule has 0 unspecified atom stereocenters. The Hall–Kier alpha value is -2.64. The summed E-state index contributed by atoms with van der Waals surface area (Å²) < 4.78 is 0. The van der Waals surface area contributed by atoms with Crippen molar-refractivity contribution in [1.29, 1.82) is 0 Å². The number of anilines is 1. The molecule has 3 aromatic rings. The molecule has 0 saturated carbocycles. The molecule has 1 N–H and O–H groups in total. The monoisotopic (exact) mass is 465 g/mol. The smallest absolute Gasteiger partial charge is 0.256 e. The van der Waals surface area contributed by atoms with Gasteiger partial charge < -0.3 is 10.2 Å². The Labute approximate surface area is 197 Å². The van der Waals surface area contributed by atoms with Crippen LogP contribution in [0.3, 0.4) is 0 Å². The molecule has 0 fully saturated rings. The van der Waals surface area contributed by atoms with E-state index in [1.807, 2.05) is 30.0 Å². The predicted molar refractivity (Wildman–Crippen MR) is 132 cm³/mol. The largest absolute Gasteiger partial charge is 0.329 e. The minimum absolute atomic E-state index is 0.0922. The molecule has 1 aliphatic rings. The summed E-state index contributed by atoms with van der Waals surface area (Å²) in [7, 11) is 0. The number of hydrogen-bond donors (Lipinski definition) is 1. The normalized spacial score (nSPS) is 13.4. The van der Waals surface area contributed by atoms with Gasteiger partial charge >= 0.3 is 0 Å². The number of carbonyl (C=O) groups is 2. The maximum absolute atomic E-state index is 13.4. The first-order chi connectivity index (χ1) is 15.1. The van der Waals surface area contributed by atoms with E-state index in [0.717, 1.165) is 37.9 Å². The number of benzene rings is 2. The third-order valence-corrected chi connectivity index (χ3v) is 7.59. The molecule has 0 bridgehead atoms. The standard InChI is InChI=1S/C25H27N3O2S2/c1-15-22(32-24(26-15)27-16(2)29)18-11-19-13-28(25(3,4)5)23(30)21(19)20(12-18)31-14-17-9-7-6-8-10-17/h6-12H,13-14H2,1-5H3,(H,26,27,29). The summed E-state index contributed by atoms with van der Waals surface area (Å²) in [5.41, 5.74) is 4.73. The second-order valence-corrected chi connectivity index (χ2v) is 11.0. The third kappa shape index (κ3) is 4.59. The quantitative estimate of drug-likeness (QED) is 0.461. The average molecular weight is 466 g/mol. The Bertz CT molecular complexity index is 1180. The number of carbonyl (C=O) groups excluding carboxylic acids is 2. The zero-order valence-electron chi connectivity index (χ0n) is 19.0. The minimum atomic E-state index is -0.253. The second-order valence-electron chi connectivity index (χ2n) is 8.96. The van der Waals surface area contributed by atoms with Gasteiger partial charge in [0.1, 0.15) is 0 Å². The van der Waals surface area contributed by atoms with Crippen molar-refractivity contribution in [2.75, 3.05) is 5.32 Å². The summed E-state index contributed by atoms with van der Waals surface area (Å²) in [5.74, 6) is 0.748. The lowest BCUT2D eigenvalue weighted by Gasteiger charge is -2.31. The Morgan fingerprint density at radius 2 is 1.94 bits per heavy atom. The van der Waals surface area contributed by atoms with Gasteiger partial charge in [-0.25, -0.2) is 4.98 Å². The molecule has 4 rings (SSSR count). The molecule has 0 aliphatic carbocycles. The summed E-state index contributed by atoms with van der Waals surface area (Å²) in [6, 6.07) is 14.5. The van der Waals surface area contributed by atoms with Crippen molar-refractivity contribution in [1.82, 2.24) is 9.88 Å². The summed E-state index contributed by atoms with van der Waals surface area (Å²) >= 11 is 3.16. The highest BCUT2D eigenvalue weighted by molar-refractivity contribution is 7.98. The zero-order valence-corrected chi connectivity index (χ0v) is 20.6. The second kappa shape index (κ2) is 8.71. The number of thiazole rings is 1. The molecular formula is C25H27N3O2S2. The van der Waals surface area contributed by atoms with Crippen molar-refractivity contribution < 1.29 is 9.59 Å². The Kier molecular flexibility index (Phi) is 6.14. The molecule has 1 aliphatic heterocycles. The molecule has 2 aromatic carbocycles. The molecular weight excluding hydrogens is 438 g/mol. The third-order valence-electron chi connectivity index (χ3n) is 5.36. The van der Waals surface area contributed by atoms with Gasteiger partial charge in [0, 0.05) is 29.7 Å². The fraction of sp³-hybridized carbons (Fsp3) is 0.320. The molecule has 32 heavy (non-hydrogen) atoms. The van der Waals surface area contributed by atoms with Gasteiger partial charge in [-0.05, 0) is 56.5 Å². The van der Waals surface area contributed by atoms with Crippen LogP contribution in [0.25, 0.3) is 10.4 Å². The number of rotatable bonds is 5. The Morgan fingerprint density at radius 1 is 1.22 bits per heavy atom. The van der Waals surface area contributed by atoms with Crippen LogP contribution in [0, 0.1) is 6.92 Å². The highest BCUT2D eigenvalue weighted by Gasteiger charge is 2.37. The number of thioether (sulfide) groups is 1. The van der Waals surface area contributed by atoms with Gasteiger partial charge in [-0.15, -0.1) is 11.8 Å². The van der Waals surface area contributed by atoms with E-state index >= 15 is 0 Å². The molecule has 0 atom stereocenters. The number of nitrogens with one attached hydrogen (secondary N) is 1. The van der Waals surface area contributed by atoms with Crippen LogP contribution in [0.5, 0.6) is 0 Å². The van der Waals surface area contributed by atoms with Crippen molar-refractivity contribution >= 4 is 40.0 Å². The predicted octanol–water partition coefficient (Wildman–Crippen LogP) is 6.12. The lowest BCUT2D eigenvalue weighted by molar-refractivity contribution is -0.114. The summed E-state index contributed by atoms with van der Waals surface area (Å²) in [6.45, 7) is 10.2. The molecule has 7 heteroatoms. The molecule has 1 aromatic heterocycles. The number of amides is 2. The van der Waals surface area contributed by atoms with Gasteiger partial charge in [0.15, 0.2) is 5.13 Å². The first-order valence-corrected chi connectivity index (χ1v) is 12.3. The van der Waals surface area contributed by atoms with Crippen molar-refractivity contribution in [2.45, 2.75) is 57.4 Å². The van der Waals surface area contributed by atoms with Crippen molar-refractivity contribution in [3.63, 3.8) is 0 Å². The van der Waals surface area contributed by atoms with Gasteiger partial charge in [-0.2, -0.15) is 0 Å². The number of nitrogens with zero attached hydrogens (tertiary/aromatic N) is 2. The number of hydrogen-bond acceptors (Lipinski definition) is 5. The summed E-state index contributed by atoms with van der Waals surface area (Å²) in [6.07, 6.45) is 0. The van der Waals surface area contributed by atoms with Gasteiger partial charge in [0.25, 0.3) is 5.91 Å². The van der Waals surface area contributed by atoms with Crippen LogP contribution in [0.2, 0.25) is 0 Å². The van der Waals surface area contributed by atoms with E-state index < -0.39 is 0 Å². The molecule has 2 amide bonds. The first-order valence-electron chi connectivity index (χ1n) is 10.5. The summed E-state index contributed by atoms with van der Waals surface area (Å²) in [5, 5.41) is 3.38. The van der Waals surface area contributed by atoms with Gasteiger partial charge in [0.2, 0.25) is 5.91 Å². The van der Waals surface area contributed by atoms with Gasteiger partial charge in [-0.1, -0.05) is 41.7 Å². The lowest BCUT2D eigenvalue weighted by atomic mass is 10.0. The van der Waals surface area contributed by atoms with E-state index in [4.69, 9.17) is 0 Å². The fourth-order valence-corrected chi connectivity index (χ4v) is 5.90. The molecule has 0 spiro atoms. The highest BCUT2D eigenvalue weighted by Crippen LogP contribution is 2.42. The average Bonchev–Trinajstić information content (AvgIpc) is 3.26. The highest BCUT2D eigenvalue weighted by atomic mass is 32.2. The maximum atomic E-state index is 13.4. The first kappa shape index (κ1) is 22.6. The van der Waals surface area contributed by atoms with E-state index in [0.29, 0.717) is 11.7 Å². The van der Waals surface area contributed by atoms with Crippen LogP contribution >= 0.6 is 23.1 Å². The van der Waals surface area contributed by atoms with E-state index in [9.17, 15) is 9.59 Å².